The Morgan fingerprint density at radius 3 is 2.47 bits per heavy atom. The molecule has 1 aromatic rings. The molecule has 1 rings (SSSR count). The second kappa shape index (κ2) is 6.94. The van der Waals surface area contributed by atoms with Crippen molar-refractivity contribution in [2.45, 2.75) is 38.5 Å². The number of carbonyl (C=O) groups excluding carboxylic acids is 1. The molecule has 1 unspecified atom stereocenters. The minimum Gasteiger partial charge on any atom is -0.497 e. The molecular formula is C14H21NO2. The molecule has 1 atom stereocenters. The highest BCUT2D eigenvalue weighted by Crippen LogP contribution is 2.27. The van der Waals surface area contributed by atoms with E-state index >= 15 is 0 Å². The fraction of sp³-hybridized carbons (Fsp3) is 0.500. The zero-order valence-corrected chi connectivity index (χ0v) is 10.6. The summed E-state index contributed by atoms with van der Waals surface area (Å²) in [5.74, 6) is 0.836. The molecule has 0 spiro atoms. The van der Waals surface area contributed by atoms with Gasteiger partial charge < -0.3 is 10.5 Å². The number of carbonyl (C=O) groups is 1. The molecule has 0 radical (unpaired) electrons. The molecule has 1 aromatic carbocycles. The van der Waals surface area contributed by atoms with Crippen molar-refractivity contribution >= 4 is 5.91 Å². The van der Waals surface area contributed by atoms with Crippen LogP contribution < -0.4 is 10.5 Å². The summed E-state index contributed by atoms with van der Waals surface area (Å²) in [6, 6.07) is 7.88. The molecular weight excluding hydrogens is 214 g/mol. The highest BCUT2D eigenvalue weighted by atomic mass is 16.5. The summed E-state index contributed by atoms with van der Waals surface area (Å²) in [6.07, 6.45) is 3.67. The second-order valence-electron chi connectivity index (χ2n) is 4.28. The van der Waals surface area contributed by atoms with Gasteiger partial charge in [-0.25, -0.2) is 0 Å². The average Bonchev–Trinajstić information content (AvgIpc) is 2.34. The Labute approximate surface area is 103 Å². The Kier molecular flexibility index (Phi) is 5.53. The number of ether oxygens (including phenoxy) is 1. The van der Waals surface area contributed by atoms with Gasteiger partial charge in [0.25, 0.3) is 0 Å². The zero-order chi connectivity index (χ0) is 12.7. The van der Waals surface area contributed by atoms with Crippen molar-refractivity contribution in [2.75, 3.05) is 7.11 Å². The summed E-state index contributed by atoms with van der Waals surface area (Å²) in [5.41, 5.74) is 6.46. The van der Waals surface area contributed by atoms with E-state index in [1.54, 1.807) is 7.11 Å². The molecule has 0 aliphatic heterocycles. The van der Waals surface area contributed by atoms with E-state index < -0.39 is 0 Å². The standard InChI is InChI=1S/C14H21NO2/c1-3-4-5-12(10-14(15)16)11-6-8-13(17-2)9-7-11/h6-9,12H,3-5,10H2,1-2H3,(H2,15,16). The summed E-state index contributed by atoms with van der Waals surface area (Å²) in [4.78, 5) is 11.1. The van der Waals surface area contributed by atoms with E-state index in [1.807, 2.05) is 24.3 Å². The summed E-state index contributed by atoms with van der Waals surface area (Å²) in [6.45, 7) is 2.15. The van der Waals surface area contributed by atoms with E-state index in [0.29, 0.717) is 6.42 Å². The molecule has 0 aromatic heterocycles. The Morgan fingerprint density at radius 2 is 2.00 bits per heavy atom. The molecule has 0 fully saturated rings. The van der Waals surface area contributed by atoms with Crippen LogP contribution in [0.2, 0.25) is 0 Å². The molecule has 0 heterocycles. The largest absolute Gasteiger partial charge is 0.497 e. The molecule has 0 aliphatic carbocycles. The monoisotopic (exact) mass is 235 g/mol. The molecule has 3 heteroatoms. The lowest BCUT2D eigenvalue weighted by Gasteiger charge is -2.15. The van der Waals surface area contributed by atoms with Crippen LogP contribution >= 0.6 is 0 Å². The lowest BCUT2D eigenvalue weighted by molar-refractivity contribution is -0.118. The third kappa shape index (κ3) is 4.47. The molecule has 2 N–H and O–H groups in total. The van der Waals surface area contributed by atoms with Crippen LogP contribution in [0.15, 0.2) is 24.3 Å². The normalized spacial score (nSPS) is 12.1. The van der Waals surface area contributed by atoms with Gasteiger partial charge in [0.15, 0.2) is 0 Å². The first-order valence-electron chi connectivity index (χ1n) is 6.09. The average molecular weight is 235 g/mol. The van der Waals surface area contributed by atoms with Crippen LogP contribution in [-0.4, -0.2) is 13.0 Å². The predicted molar refractivity (Wildman–Crippen MR) is 69.1 cm³/mol. The molecule has 3 nitrogen and oxygen atoms in total. The van der Waals surface area contributed by atoms with E-state index in [1.165, 1.54) is 0 Å². The maximum atomic E-state index is 11.1. The fourth-order valence-corrected chi connectivity index (χ4v) is 1.96. The van der Waals surface area contributed by atoms with Crippen LogP contribution in [-0.2, 0) is 4.79 Å². The first kappa shape index (κ1) is 13.6. The lowest BCUT2D eigenvalue weighted by atomic mass is 9.90. The molecule has 1 amide bonds. The SMILES string of the molecule is CCCCC(CC(N)=O)c1ccc(OC)cc1. The summed E-state index contributed by atoms with van der Waals surface area (Å²) in [5, 5.41) is 0. The Balaban J connectivity index is 2.75. The van der Waals surface area contributed by atoms with Gasteiger partial charge >= 0.3 is 0 Å². The van der Waals surface area contributed by atoms with Crippen LogP contribution in [0.4, 0.5) is 0 Å². The van der Waals surface area contributed by atoms with Gasteiger partial charge in [0.05, 0.1) is 7.11 Å². The number of hydrogen-bond acceptors (Lipinski definition) is 2. The maximum absolute atomic E-state index is 11.1. The van der Waals surface area contributed by atoms with E-state index in [9.17, 15) is 4.79 Å². The van der Waals surface area contributed by atoms with Crippen LogP contribution in [0.5, 0.6) is 5.75 Å². The van der Waals surface area contributed by atoms with E-state index in [0.717, 1.165) is 30.6 Å². The zero-order valence-electron chi connectivity index (χ0n) is 10.6. The van der Waals surface area contributed by atoms with Gasteiger partial charge in [-0.3, -0.25) is 4.79 Å². The van der Waals surface area contributed by atoms with Gasteiger partial charge in [-0.05, 0) is 30.0 Å². The quantitative estimate of drug-likeness (QED) is 0.790. The van der Waals surface area contributed by atoms with Crippen molar-refractivity contribution in [3.8, 4) is 5.75 Å². The molecule has 94 valence electrons. The maximum Gasteiger partial charge on any atom is 0.218 e. The topological polar surface area (TPSA) is 52.3 Å². The number of hydrogen-bond donors (Lipinski definition) is 1. The summed E-state index contributed by atoms with van der Waals surface area (Å²) < 4.78 is 5.12. The second-order valence-corrected chi connectivity index (χ2v) is 4.28. The number of primary amides is 1. The molecule has 0 aliphatic rings. The summed E-state index contributed by atoms with van der Waals surface area (Å²) in [7, 11) is 1.65. The van der Waals surface area contributed by atoms with Crippen LogP contribution in [0.25, 0.3) is 0 Å². The molecule has 0 saturated carbocycles. The number of unbranched alkanes of at least 4 members (excludes halogenated alkanes) is 1. The van der Waals surface area contributed by atoms with Crippen molar-refractivity contribution in [1.29, 1.82) is 0 Å². The van der Waals surface area contributed by atoms with Gasteiger partial charge in [-0.15, -0.1) is 0 Å². The van der Waals surface area contributed by atoms with Crippen molar-refractivity contribution in [1.82, 2.24) is 0 Å². The van der Waals surface area contributed by atoms with Crippen LogP contribution in [0.1, 0.15) is 44.1 Å². The molecule has 0 saturated heterocycles. The fourth-order valence-electron chi connectivity index (χ4n) is 1.96. The highest BCUT2D eigenvalue weighted by molar-refractivity contribution is 5.74. The summed E-state index contributed by atoms with van der Waals surface area (Å²) >= 11 is 0. The van der Waals surface area contributed by atoms with Crippen LogP contribution in [0.3, 0.4) is 0 Å². The highest BCUT2D eigenvalue weighted by Gasteiger charge is 2.13. The van der Waals surface area contributed by atoms with Crippen molar-refractivity contribution < 1.29 is 9.53 Å². The van der Waals surface area contributed by atoms with E-state index in [-0.39, 0.29) is 11.8 Å². The first-order chi connectivity index (χ1) is 8.17. The number of rotatable bonds is 7. The number of methoxy groups -OCH3 is 1. The third-order valence-corrected chi connectivity index (χ3v) is 2.94. The smallest absolute Gasteiger partial charge is 0.218 e. The van der Waals surface area contributed by atoms with E-state index in [4.69, 9.17) is 10.5 Å². The third-order valence-electron chi connectivity index (χ3n) is 2.94. The van der Waals surface area contributed by atoms with Crippen molar-refractivity contribution in [3.63, 3.8) is 0 Å². The van der Waals surface area contributed by atoms with Gasteiger partial charge in [0, 0.05) is 6.42 Å². The van der Waals surface area contributed by atoms with Gasteiger partial charge in [0.1, 0.15) is 5.75 Å². The molecule has 17 heavy (non-hydrogen) atoms. The number of amides is 1. The van der Waals surface area contributed by atoms with Gasteiger partial charge in [-0.2, -0.15) is 0 Å². The number of nitrogens with two attached hydrogens (primary N) is 1. The van der Waals surface area contributed by atoms with Gasteiger partial charge in [-0.1, -0.05) is 31.9 Å². The Bertz CT molecular complexity index is 346. The predicted octanol–water partition coefficient (Wildman–Crippen LogP) is 2.84. The van der Waals surface area contributed by atoms with Gasteiger partial charge in [0.2, 0.25) is 5.91 Å². The minimum absolute atomic E-state index is 0.234. The van der Waals surface area contributed by atoms with Crippen molar-refractivity contribution in [3.05, 3.63) is 29.8 Å². The Morgan fingerprint density at radius 1 is 1.35 bits per heavy atom. The molecule has 0 bridgehead atoms. The number of benzene rings is 1. The first-order valence-corrected chi connectivity index (χ1v) is 6.09. The lowest BCUT2D eigenvalue weighted by Crippen LogP contribution is -2.15. The minimum atomic E-state index is -0.234. The van der Waals surface area contributed by atoms with Crippen LogP contribution in [0, 0.1) is 0 Å². The Hall–Kier alpha value is -1.51. The van der Waals surface area contributed by atoms with E-state index in [2.05, 4.69) is 6.92 Å². The van der Waals surface area contributed by atoms with Crippen molar-refractivity contribution in [2.24, 2.45) is 5.73 Å².